The molecule has 0 bridgehead atoms. The number of nitriles is 1. The number of para-hydroxylation sites is 2. The molecule has 0 saturated carbocycles. The molecule has 92 valence electrons. The Kier molecular flexibility index (Phi) is 3.80. The van der Waals surface area contributed by atoms with Gasteiger partial charge in [-0.1, -0.05) is 12.1 Å². The van der Waals surface area contributed by atoms with Gasteiger partial charge in [0.25, 0.3) is 0 Å². The van der Waals surface area contributed by atoms with Crippen molar-refractivity contribution in [3.8, 4) is 11.8 Å². The molecule has 2 rings (SSSR count). The van der Waals surface area contributed by atoms with Crippen LogP contribution >= 0.6 is 11.3 Å². The molecule has 0 fully saturated rings. The number of rotatable bonds is 4. The van der Waals surface area contributed by atoms with Gasteiger partial charge in [0.05, 0.1) is 17.3 Å². The molecular weight excluding hydrogens is 246 g/mol. The molecule has 0 radical (unpaired) electrons. The van der Waals surface area contributed by atoms with E-state index in [4.69, 9.17) is 10.00 Å². The van der Waals surface area contributed by atoms with E-state index >= 15 is 0 Å². The highest BCUT2D eigenvalue weighted by atomic mass is 32.1. The molecule has 18 heavy (non-hydrogen) atoms. The van der Waals surface area contributed by atoms with E-state index in [-0.39, 0.29) is 6.10 Å². The maximum atomic E-state index is 8.95. The van der Waals surface area contributed by atoms with E-state index in [1.807, 2.05) is 38.1 Å². The van der Waals surface area contributed by atoms with Gasteiger partial charge in [0.15, 0.2) is 5.82 Å². The summed E-state index contributed by atoms with van der Waals surface area (Å²) in [5, 5.41) is 12.1. The maximum absolute atomic E-state index is 8.95. The van der Waals surface area contributed by atoms with Gasteiger partial charge in [-0.15, -0.1) is 11.3 Å². The van der Waals surface area contributed by atoms with Crippen molar-refractivity contribution >= 4 is 22.8 Å². The summed E-state index contributed by atoms with van der Waals surface area (Å²) in [5.74, 6) is 1.33. The third-order valence-electron chi connectivity index (χ3n) is 2.17. The van der Waals surface area contributed by atoms with Gasteiger partial charge in [0.1, 0.15) is 16.7 Å². The van der Waals surface area contributed by atoms with E-state index in [9.17, 15) is 0 Å². The van der Waals surface area contributed by atoms with Crippen LogP contribution in [-0.2, 0) is 0 Å². The zero-order chi connectivity index (χ0) is 13.0. The molecule has 0 amide bonds. The first-order chi connectivity index (χ1) is 8.70. The third-order valence-corrected chi connectivity index (χ3v) is 2.90. The molecular formula is C13H13N3OS. The van der Waals surface area contributed by atoms with Gasteiger partial charge >= 0.3 is 0 Å². The maximum Gasteiger partial charge on any atom is 0.159 e. The average Bonchev–Trinajstić information content (AvgIpc) is 2.78. The highest BCUT2D eigenvalue weighted by molar-refractivity contribution is 7.10. The monoisotopic (exact) mass is 259 g/mol. The minimum atomic E-state index is 0.0961. The number of nitrogens with one attached hydrogen (secondary N) is 1. The molecule has 0 aliphatic rings. The van der Waals surface area contributed by atoms with E-state index in [1.54, 1.807) is 5.51 Å². The molecule has 1 aromatic heterocycles. The van der Waals surface area contributed by atoms with Crippen molar-refractivity contribution in [2.45, 2.75) is 20.0 Å². The second-order valence-electron chi connectivity index (χ2n) is 3.93. The molecule has 0 unspecified atom stereocenters. The Morgan fingerprint density at radius 2 is 2.17 bits per heavy atom. The van der Waals surface area contributed by atoms with Crippen LogP contribution < -0.4 is 10.1 Å². The summed E-state index contributed by atoms with van der Waals surface area (Å²) in [6, 6.07) is 9.72. The second-order valence-corrected chi connectivity index (χ2v) is 4.78. The van der Waals surface area contributed by atoms with Gasteiger partial charge in [-0.3, -0.25) is 0 Å². The Morgan fingerprint density at radius 1 is 1.39 bits per heavy atom. The molecule has 1 heterocycles. The number of aromatic nitrogens is 1. The number of anilines is 2. The van der Waals surface area contributed by atoms with E-state index in [1.165, 1.54) is 11.3 Å². The molecule has 0 atom stereocenters. The Hall–Kier alpha value is -2.06. The fourth-order valence-electron chi connectivity index (χ4n) is 1.47. The Labute approximate surface area is 110 Å². The van der Waals surface area contributed by atoms with Crippen molar-refractivity contribution in [3.05, 3.63) is 34.7 Å². The smallest absolute Gasteiger partial charge is 0.159 e. The zero-order valence-electron chi connectivity index (χ0n) is 10.2. The van der Waals surface area contributed by atoms with Crippen molar-refractivity contribution in [1.29, 1.82) is 5.26 Å². The van der Waals surface area contributed by atoms with Gasteiger partial charge in [-0.05, 0) is 26.0 Å². The fourth-order valence-corrected chi connectivity index (χ4v) is 2.00. The van der Waals surface area contributed by atoms with Crippen LogP contribution in [0.4, 0.5) is 11.5 Å². The standard InChI is InChI=1S/C13H13N3OS/c1-9(2)17-11-6-4-3-5-10(11)16-13-12(7-14)18-8-15-13/h3-6,8-9,16H,1-2H3. The second kappa shape index (κ2) is 5.52. The molecule has 4 nitrogen and oxygen atoms in total. The number of ether oxygens (including phenoxy) is 1. The number of nitrogens with zero attached hydrogens (tertiary/aromatic N) is 2. The Bertz CT molecular complexity index is 572. The molecule has 1 aromatic carbocycles. The lowest BCUT2D eigenvalue weighted by Crippen LogP contribution is -2.07. The number of hydrogen-bond donors (Lipinski definition) is 1. The minimum absolute atomic E-state index is 0.0961. The topological polar surface area (TPSA) is 57.9 Å². The van der Waals surface area contributed by atoms with Gasteiger partial charge in [-0.2, -0.15) is 5.26 Å². The lowest BCUT2D eigenvalue weighted by atomic mass is 10.3. The Balaban J connectivity index is 2.27. The van der Waals surface area contributed by atoms with Crippen molar-refractivity contribution in [2.75, 3.05) is 5.32 Å². The largest absolute Gasteiger partial charge is 0.489 e. The van der Waals surface area contributed by atoms with Crippen LogP contribution in [0.5, 0.6) is 5.75 Å². The van der Waals surface area contributed by atoms with Gasteiger partial charge in [-0.25, -0.2) is 4.98 Å². The van der Waals surface area contributed by atoms with Crippen LogP contribution in [0.1, 0.15) is 18.7 Å². The average molecular weight is 259 g/mol. The molecule has 0 saturated heterocycles. The van der Waals surface area contributed by atoms with Crippen molar-refractivity contribution in [3.63, 3.8) is 0 Å². The van der Waals surface area contributed by atoms with Gasteiger partial charge in [0.2, 0.25) is 0 Å². The SMILES string of the molecule is CC(C)Oc1ccccc1Nc1ncsc1C#N. The summed E-state index contributed by atoms with van der Waals surface area (Å²) in [7, 11) is 0. The third kappa shape index (κ3) is 2.79. The highest BCUT2D eigenvalue weighted by Gasteiger charge is 2.09. The van der Waals surface area contributed by atoms with E-state index in [0.29, 0.717) is 10.7 Å². The predicted molar refractivity (Wildman–Crippen MR) is 72.3 cm³/mol. The number of hydrogen-bond acceptors (Lipinski definition) is 5. The number of thiazole rings is 1. The molecule has 0 aliphatic carbocycles. The molecule has 0 spiro atoms. The van der Waals surface area contributed by atoms with Crippen molar-refractivity contribution < 1.29 is 4.74 Å². The lowest BCUT2D eigenvalue weighted by molar-refractivity contribution is 0.244. The van der Waals surface area contributed by atoms with Crippen LogP contribution in [0.15, 0.2) is 29.8 Å². The van der Waals surface area contributed by atoms with Crippen LogP contribution in [0.3, 0.4) is 0 Å². The predicted octanol–water partition coefficient (Wildman–Crippen LogP) is 3.55. The van der Waals surface area contributed by atoms with Gasteiger partial charge < -0.3 is 10.1 Å². The first kappa shape index (κ1) is 12.4. The molecule has 2 aromatic rings. The van der Waals surface area contributed by atoms with Crippen LogP contribution in [0.25, 0.3) is 0 Å². The van der Waals surface area contributed by atoms with E-state index < -0.39 is 0 Å². The minimum Gasteiger partial charge on any atom is -0.489 e. The Morgan fingerprint density at radius 3 is 2.89 bits per heavy atom. The summed E-state index contributed by atoms with van der Waals surface area (Å²) in [5.41, 5.74) is 2.46. The first-order valence-corrected chi connectivity index (χ1v) is 6.45. The van der Waals surface area contributed by atoms with Gasteiger partial charge in [0, 0.05) is 0 Å². The van der Waals surface area contributed by atoms with Crippen LogP contribution in [0, 0.1) is 11.3 Å². The first-order valence-electron chi connectivity index (χ1n) is 5.57. The number of benzene rings is 1. The quantitative estimate of drug-likeness (QED) is 0.912. The zero-order valence-corrected chi connectivity index (χ0v) is 11.0. The summed E-state index contributed by atoms with van der Waals surface area (Å²) < 4.78 is 5.70. The van der Waals surface area contributed by atoms with E-state index in [0.717, 1.165) is 11.4 Å². The van der Waals surface area contributed by atoms with E-state index in [2.05, 4.69) is 16.4 Å². The normalized spacial score (nSPS) is 10.1. The summed E-state index contributed by atoms with van der Waals surface area (Å²) in [4.78, 5) is 4.70. The van der Waals surface area contributed by atoms with Crippen molar-refractivity contribution in [2.24, 2.45) is 0 Å². The van der Waals surface area contributed by atoms with Crippen LogP contribution in [-0.4, -0.2) is 11.1 Å². The van der Waals surface area contributed by atoms with Crippen molar-refractivity contribution in [1.82, 2.24) is 4.98 Å². The summed E-state index contributed by atoms with van der Waals surface area (Å²) in [6.45, 7) is 3.95. The highest BCUT2D eigenvalue weighted by Crippen LogP contribution is 2.29. The summed E-state index contributed by atoms with van der Waals surface area (Å²) >= 11 is 1.31. The fraction of sp³-hybridized carbons (Fsp3) is 0.231. The molecule has 5 heteroatoms. The molecule has 1 N–H and O–H groups in total. The van der Waals surface area contributed by atoms with Crippen LogP contribution in [0.2, 0.25) is 0 Å². The molecule has 0 aliphatic heterocycles. The summed E-state index contributed by atoms with van der Waals surface area (Å²) in [6.07, 6.45) is 0.0961. The lowest BCUT2D eigenvalue weighted by Gasteiger charge is -2.14.